The lowest BCUT2D eigenvalue weighted by atomic mass is 9.64. The van der Waals surface area contributed by atoms with Crippen molar-refractivity contribution in [1.29, 1.82) is 0 Å². The van der Waals surface area contributed by atoms with E-state index >= 15 is 0 Å². The fraction of sp³-hybridized carbons (Fsp3) is 0.633. The number of aliphatic hydroxyl groups is 2. The van der Waals surface area contributed by atoms with Gasteiger partial charge in [0, 0.05) is 65.7 Å². The highest BCUT2D eigenvalue weighted by molar-refractivity contribution is 8.76. The smallest absolute Gasteiger partial charge is 0.201 e. The van der Waals surface area contributed by atoms with Crippen LogP contribution in [0.5, 0.6) is 23.0 Å². The third kappa shape index (κ3) is 9.98. The number of carbonyl (C=O) groups is 1. The van der Waals surface area contributed by atoms with Crippen molar-refractivity contribution >= 4 is 33.3 Å². The first-order valence-electron chi connectivity index (χ1n) is 22.8. The lowest BCUT2D eigenvalue weighted by Gasteiger charge is -2.47. The highest BCUT2D eigenvalue weighted by Crippen LogP contribution is 2.53. The Morgan fingerprint density at radius 1 is 0.968 bits per heavy atom. The Kier molecular flexibility index (Phi) is 14.2. The van der Waals surface area contributed by atoms with E-state index in [2.05, 4.69) is 54.2 Å². The molecule has 4 aliphatic heterocycles. The third-order valence-corrected chi connectivity index (χ3v) is 16.9. The Balaban J connectivity index is 1.25. The average Bonchev–Trinajstić information content (AvgIpc) is 3.68. The van der Waals surface area contributed by atoms with E-state index < -0.39 is 18.4 Å². The molecule has 7 unspecified atom stereocenters. The molecule has 13 heteroatoms. The van der Waals surface area contributed by atoms with Crippen LogP contribution < -0.4 is 30.6 Å². The maximum atomic E-state index is 13.2. The van der Waals surface area contributed by atoms with Crippen molar-refractivity contribution < 1.29 is 34.3 Å². The van der Waals surface area contributed by atoms with Gasteiger partial charge in [-0.25, -0.2) is 4.99 Å². The number of hydrogen-bond donors (Lipinski definition) is 6. The zero-order valence-corrected chi connectivity index (χ0v) is 38.2. The summed E-state index contributed by atoms with van der Waals surface area (Å²) in [4.78, 5) is 18.2. The number of nitrogens with zero attached hydrogens (tertiary/aromatic N) is 1. The van der Waals surface area contributed by atoms with Crippen LogP contribution in [0.25, 0.3) is 0 Å². The molecule has 7 aliphatic rings. The van der Waals surface area contributed by atoms with Crippen molar-refractivity contribution in [3.8, 4) is 46.7 Å². The molecule has 3 aliphatic carbocycles. The lowest BCUT2D eigenvalue weighted by molar-refractivity contribution is -0.121. The Hall–Kier alpha value is -3.72. The summed E-state index contributed by atoms with van der Waals surface area (Å²) in [7, 11) is 5.08. The number of aliphatic imine (C=N–C) groups is 1. The molecule has 9 rings (SSSR count). The van der Waals surface area contributed by atoms with E-state index in [9.17, 15) is 20.1 Å². The van der Waals surface area contributed by atoms with E-state index in [4.69, 9.17) is 24.9 Å². The molecule has 2 fully saturated rings. The Morgan fingerprint density at radius 3 is 2.58 bits per heavy atom. The highest BCUT2D eigenvalue weighted by Gasteiger charge is 2.46. The number of phenols is 1. The summed E-state index contributed by atoms with van der Waals surface area (Å²) in [5.41, 5.74) is 10.8. The fourth-order valence-corrected chi connectivity index (χ4v) is 13.8. The fourth-order valence-electron chi connectivity index (χ4n) is 10.9. The van der Waals surface area contributed by atoms with Crippen LogP contribution in [0, 0.1) is 46.9 Å². The van der Waals surface area contributed by atoms with Crippen molar-refractivity contribution in [1.82, 2.24) is 10.6 Å². The number of aryl methyl sites for hydroxylation is 2. The number of ether oxygens (including phenoxy) is 3. The van der Waals surface area contributed by atoms with Gasteiger partial charge in [0.05, 0.1) is 30.9 Å². The van der Waals surface area contributed by atoms with Crippen molar-refractivity contribution in [2.75, 3.05) is 25.3 Å². The molecule has 6 bridgehead atoms. The second-order valence-electron chi connectivity index (χ2n) is 18.9. The van der Waals surface area contributed by atoms with E-state index in [0.717, 1.165) is 47.3 Å². The molecule has 2 aromatic carbocycles. The number of Topliss-reactive ketones (excluding diaryl/α,β-unsaturated/α-hetero) is 1. The van der Waals surface area contributed by atoms with E-state index in [0.29, 0.717) is 72.2 Å². The van der Waals surface area contributed by atoms with Gasteiger partial charge in [0.1, 0.15) is 12.5 Å². The number of rotatable bonds is 2. The maximum Gasteiger partial charge on any atom is 0.201 e. The van der Waals surface area contributed by atoms with Gasteiger partial charge in [0.15, 0.2) is 29.0 Å². The zero-order chi connectivity index (χ0) is 43.4. The van der Waals surface area contributed by atoms with Crippen molar-refractivity contribution in [3.05, 3.63) is 46.0 Å². The molecule has 4 heterocycles. The second-order valence-corrected chi connectivity index (χ2v) is 21.5. The minimum atomic E-state index is -1.18. The van der Waals surface area contributed by atoms with Crippen molar-refractivity contribution in [2.45, 2.75) is 147 Å². The molecule has 7 N–H and O–H groups in total. The number of aliphatic hydroxyl groups excluding tert-OH is 2. The first-order valence-corrected chi connectivity index (χ1v) is 25.2. The van der Waals surface area contributed by atoms with E-state index in [1.165, 1.54) is 39.2 Å². The van der Waals surface area contributed by atoms with Gasteiger partial charge in [-0.1, -0.05) is 90.5 Å². The summed E-state index contributed by atoms with van der Waals surface area (Å²) in [5, 5.41) is 41.7. The summed E-state index contributed by atoms with van der Waals surface area (Å²) < 4.78 is 19.2. The highest BCUT2D eigenvalue weighted by atomic mass is 33.1. The van der Waals surface area contributed by atoms with Crippen LogP contribution in [0.4, 0.5) is 0 Å². The largest absolute Gasteiger partial charge is 0.504 e. The molecular weight excluding hydrogens is 821 g/mol. The SMILES string of the molecule is COc1c(O)ccc2c1C#CCc1cc(c3c4c1OCNC1(CC#CC5NC(N)=NC(C(C)C)CSSCC5C(C3)C(O)O4)CCCC3(CCCC3)C1)CCC(O)CC(=O)CC2. The predicted molar refractivity (Wildman–Crippen MR) is 246 cm³/mol. The van der Waals surface area contributed by atoms with Gasteiger partial charge in [0.2, 0.25) is 6.29 Å². The number of nitrogens with two attached hydrogens (primary N) is 1. The van der Waals surface area contributed by atoms with Crippen LogP contribution in [0.2, 0.25) is 0 Å². The van der Waals surface area contributed by atoms with Crippen LogP contribution in [0.1, 0.15) is 119 Å². The molecular formula is C49H64N4O7S2. The van der Waals surface area contributed by atoms with Crippen LogP contribution in [0.3, 0.4) is 0 Å². The number of guanidine groups is 1. The topological polar surface area (TPSA) is 168 Å². The van der Waals surface area contributed by atoms with Gasteiger partial charge in [-0.05, 0) is 86.3 Å². The molecule has 2 saturated carbocycles. The molecule has 2 spiro atoms. The number of phenolic OH excluding ortho intramolecular Hbond substituents is 1. The van der Waals surface area contributed by atoms with Crippen LogP contribution in [-0.2, 0) is 30.5 Å². The number of methoxy groups -OCH3 is 1. The number of aromatic hydroxyl groups is 1. The standard InChI is InChI=1S/C49H64N4O7S2/c1-30(2)41-27-62-61-26-39-38-25-37-32-13-16-35(55)24-34(54)15-12-31-14-17-42(56)44(58-3)36(31)10-6-9-33(23-32)43(45(37)60-46(38)57)59-29-51-49(21-7-11-40(39)52-47(50)53-41)22-8-20-48(28-49)18-4-5-19-48/h14,17,23,30,35,38-41,46,51,55-57H,4-5,8-9,12-13,15-16,18-22,24-29H2,1-3H3,(H3,50,52,53). The van der Waals surface area contributed by atoms with Gasteiger partial charge in [-0.3, -0.25) is 10.1 Å². The van der Waals surface area contributed by atoms with Gasteiger partial charge >= 0.3 is 0 Å². The quantitative estimate of drug-likeness (QED) is 0.142. The van der Waals surface area contributed by atoms with E-state index in [1.807, 2.05) is 0 Å². The summed E-state index contributed by atoms with van der Waals surface area (Å²) >= 11 is 0. The zero-order valence-electron chi connectivity index (χ0n) is 36.5. The molecule has 0 radical (unpaired) electrons. The predicted octanol–water partition coefficient (Wildman–Crippen LogP) is 6.58. The maximum absolute atomic E-state index is 13.2. The molecule has 0 aromatic heterocycles. The van der Waals surface area contributed by atoms with Crippen LogP contribution >= 0.6 is 21.6 Å². The van der Waals surface area contributed by atoms with Crippen molar-refractivity contribution in [2.24, 2.45) is 33.9 Å². The van der Waals surface area contributed by atoms with E-state index in [-0.39, 0.29) is 66.7 Å². The number of hydrogen-bond acceptors (Lipinski definition) is 13. The van der Waals surface area contributed by atoms with Crippen LogP contribution in [-0.4, -0.2) is 82.4 Å². The number of nitrogens with one attached hydrogen (secondary N) is 2. The molecule has 2 aromatic rings. The summed E-state index contributed by atoms with van der Waals surface area (Å²) in [6, 6.07) is 5.12. The lowest BCUT2D eigenvalue weighted by Crippen LogP contribution is -2.53. The number of fused-ring (bicyclic) bond motifs is 7. The number of carbonyl (C=O) groups excluding carboxylic acids is 1. The Morgan fingerprint density at radius 2 is 1.77 bits per heavy atom. The summed E-state index contributed by atoms with van der Waals surface area (Å²) in [6.45, 7) is 4.56. The van der Waals surface area contributed by atoms with E-state index in [1.54, 1.807) is 33.7 Å². The van der Waals surface area contributed by atoms with Gasteiger partial charge in [-0.15, -0.1) is 0 Å². The monoisotopic (exact) mass is 884 g/mol. The number of benzene rings is 2. The minimum Gasteiger partial charge on any atom is -0.504 e. The molecule has 0 saturated heterocycles. The summed E-state index contributed by atoms with van der Waals surface area (Å²) in [5.74, 6) is 16.9. The van der Waals surface area contributed by atoms with Crippen molar-refractivity contribution in [3.63, 3.8) is 0 Å². The van der Waals surface area contributed by atoms with Gasteiger partial charge < -0.3 is 40.6 Å². The molecule has 62 heavy (non-hydrogen) atoms. The summed E-state index contributed by atoms with van der Waals surface area (Å²) in [6.07, 6.45) is 10.3. The molecule has 0 amide bonds. The number of ketones is 1. The normalized spacial score (nSPS) is 30.2. The molecule has 334 valence electrons. The first kappa shape index (κ1) is 44.9. The Labute approximate surface area is 375 Å². The van der Waals surface area contributed by atoms with Crippen LogP contribution in [0.15, 0.2) is 23.2 Å². The third-order valence-electron chi connectivity index (χ3n) is 14.4. The van der Waals surface area contributed by atoms with Gasteiger partial charge in [-0.2, -0.15) is 0 Å². The molecule has 7 atom stereocenters. The minimum absolute atomic E-state index is 0.0304. The van der Waals surface area contributed by atoms with Gasteiger partial charge in [0.25, 0.3) is 0 Å². The first-order chi connectivity index (χ1) is 29.9. The second kappa shape index (κ2) is 19.6. The Bertz CT molecular complexity index is 2130. The average molecular weight is 885 g/mol. The molecule has 11 nitrogen and oxygen atoms in total.